The highest BCUT2D eigenvalue weighted by Crippen LogP contribution is 2.27. The fourth-order valence-corrected chi connectivity index (χ4v) is 3.46. The van der Waals surface area contributed by atoms with Crippen molar-refractivity contribution in [2.24, 2.45) is 0 Å². The Morgan fingerprint density at radius 3 is 3.00 bits per heavy atom. The van der Waals surface area contributed by atoms with Gasteiger partial charge in [-0.3, -0.25) is 10.1 Å². The van der Waals surface area contributed by atoms with E-state index in [1.54, 1.807) is 11.8 Å². The van der Waals surface area contributed by atoms with E-state index in [2.05, 4.69) is 5.32 Å². The molecule has 1 aromatic rings. The molecule has 2 rings (SSSR count). The molecule has 0 amide bonds. The lowest BCUT2D eigenvalue weighted by Gasteiger charge is -2.21. The van der Waals surface area contributed by atoms with Crippen LogP contribution in [0.5, 0.6) is 0 Å². The number of thioether (sulfide) groups is 1. The maximum absolute atomic E-state index is 10.7. The van der Waals surface area contributed by atoms with Crippen molar-refractivity contribution in [2.45, 2.75) is 18.6 Å². The molecule has 0 aliphatic carbocycles. The van der Waals surface area contributed by atoms with Gasteiger partial charge in [-0.05, 0) is 23.8 Å². The number of nitro benzene ring substituents is 1. The van der Waals surface area contributed by atoms with Crippen LogP contribution >= 0.6 is 23.4 Å². The minimum atomic E-state index is -0.669. The molecule has 0 saturated carbocycles. The van der Waals surface area contributed by atoms with Crippen molar-refractivity contribution >= 4 is 29.1 Å². The predicted octanol–water partition coefficient (Wildman–Crippen LogP) is 2.21. The average Bonchev–Trinajstić information content (AvgIpc) is 2.78. The summed E-state index contributed by atoms with van der Waals surface area (Å²) in [6, 6.07) is 4.37. The number of aliphatic hydroxyl groups is 1. The summed E-state index contributed by atoms with van der Waals surface area (Å²) >= 11 is 7.73. The number of non-ortho nitro benzene ring substituents is 1. The summed E-state index contributed by atoms with van der Waals surface area (Å²) < 4.78 is 0. The van der Waals surface area contributed by atoms with E-state index in [1.807, 2.05) is 0 Å². The summed E-state index contributed by atoms with van der Waals surface area (Å²) in [5.74, 6) is 1.69. The van der Waals surface area contributed by atoms with Gasteiger partial charge in [0.2, 0.25) is 0 Å². The molecule has 1 aliphatic rings. The van der Waals surface area contributed by atoms with Crippen LogP contribution in [0.25, 0.3) is 0 Å². The minimum absolute atomic E-state index is 0.0244. The summed E-state index contributed by atoms with van der Waals surface area (Å²) in [6.45, 7) is 0.881. The van der Waals surface area contributed by atoms with E-state index in [0.717, 1.165) is 17.9 Å². The van der Waals surface area contributed by atoms with E-state index in [1.165, 1.54) is 18.2 Å². The Bertz CT molecular complexity index is 478. The van der Waals surface area contributed by atoms with E-state index in [-0.39, 0.29) is 5.69 Å². The Kier molecular flexibility index (Phi) is 4.67. The van der Waals surface area contributed by atoms with Gasteiger partial charge in [-0.25, -0.2) is 0 Å². The molecule has 1 unspecified atom stereocenters. The molecule has 104 valence electrons. The molecule has 7 heteroatoms. The van der Waals surface area contributed by atoms with Crippen molar-refractivity contribution in [3.05, 3.63) is 38.9 Å². The van der Waals surface area contributed by atoms with Crippen LogP contribution in [-0.4, -0.2) is 33.7 Å². The van der Waals surface area contributed by atoms with Gasteiger partial charge in [-0.2, -0.15) is 11.8 Å². The van der Waals surface area contributed by atoms with Gasteiger partial charge >= 0.3 is 0 Å². The number of nitrogens with one attached hydrogen (secondary N) is 1. The first-order valence-electron chi connectivity index (χ1n) is 5.94. The normalized spacial score (nSPS) is 22.6. The zero-order valence-electron chi connectivity index (χ0n) is 10.3. The molecule has 19 heavy (non-hydrogen) atoms. The number of hydrogen-bond acceptors (Lipinski definition) is 5. The molecule has 1 heterocycles. The molecule has 1 aliphatic heterocycles. The SMILES string of the molecule is O=[N+]([O-])c1ccc(Cl)c(CNCC2(O)CCSC2)c1. The van der Waals surface area contributed by atoms with Crippen molar-refractivity contribution in [1.29, 1.82) is 0 Å². The third kappa shape index (κ3) is 3.82. The number of nitro groups is 1. The first-order chi connectivity index (χ1) is 9.00. The van der Waals surface area contributed by atoms with Crippen molar-refractivity contribution in [3.63, 3.8) is 0 Å². The van der Waals surface area contributed by atoms with Crippen molar-refractivity contribution < 1.29 is 10.0 Å². The Morgan fingerprint density at radius 1 is 1.58 bits per heavy atom. The Balaban J connectivity index is 1.95. The third-order valence-corrected chi connectivity index (χ3v) is 4.70. The van der Waals surface area contributed by atoms with Crippen molar-refractivity contribution in [1.82, 2.24) is 5.32 Å². The first kappa shape index (κ1) is 14.6. The maximum atomic E-state index is 10.7. The standard InChI is InChI=1S/C12H15ClN2O3S/c13-11-2-1-10(15(17)18)5-9(11)6-14-7-12(16)3-4-19-8-12/h1-2,5,14,16H,3-4,6-8H2. The van der Waals surface area contributed by atoms with Gasteiger partial charge in [-0.1, -0.05) is 11.6 Å². The van der Waals surface area contributed by atoms with Crippen LogP contribution in [0.2, 0.25) is 5.02 Å². The molecular formula is C12H15ClN2O3S. The number of benzene rings is 1. The smallest absolute Gasteiger partial charge is 0.269 e. The van der Waals surface area contributed by atoms with Gasteiger partial charge in [0, 0.05) is 36.0 Å². The molecule has 0 radical (unpaired) electrons. The van der Waals surface area contributed by atoms with Gasteiger partial charge in [0.25, 0.3) is 5.69 Å². The average molecular weight is 303 g/mol. The van der Waals surface area contributed by atoms with E-state index in [9.17, 15) is 15.2 Å². The highest BCUT2D eigenvalue weighted by atomic mass is 35.5. The number of hydrogen-bond donors (Lipinski definition) is 2. The Labute approximate surface area is 120 Å². The summed E-state index contributed by atoms with van der Waals surface area (Å²) in [7, 11) is 0. The second kappa shape index (κ2) is 6.09. The molecule has 0 spiro atoms. The number of nitrogens with zero attached hydrogens (tertiary/aromatic N) is 1. The second-order valence-corrected chi connectivity index (χ2v) is 6.18. The van der Waals surface area contributed by atoms with Crippen LogP contribution in [0.15, 0.2) is 18.2 Å². The van der Waals surface area contributed by atoms with E-state index in [4.69, 9.17) is 11.6 Å². The highest BCUT2D eigenvalue weighted by molar-refractivity contribution is 7.99. The van der Waals surface area contributed by atoms with Crippen molar-refractivity contribution in [3.8, 4) is 0 Å². The summed E-state index contributed by atoms with van der Waals surface area (Å²) in [4.78, 5) is 10.3. The predicted molar refractivity (Wildman–Crippen MR) is 76.7 cm³/mol. The molecule has 1 fully saturated rings. The molecule has 1 aromatic carbocycles. The third-order valence-electron chi connectivity index (χ3n) is 3.09. The molecule has 5 nitrogen and oxygen atoms in total. The van der Waals surface area contributed by atoms with E-state index >= 15 is 0 Å². The largest absolute Gasteiger partial charge is 0.388 e. The minimum Gasteiger partial charge on any atom is -0.388 e. The lowest BCUT2D eigenvalue weighted by Crippen LogP contribution is -2.40. The Hall–Kier alpha value is -0.820. The zero-order chi connectivity index (χ0) is 13.9. The quantitative estimate of drug-likeness (QED) is 0.644. The van der Waals surface area contributed by atoms with Gasteiger partial charge in [0.05, 0.1) is 10.5 Å². The maximum Gasteiger partial charge on any atom is 0.269 e. The van der Waals surface area contributed by atoms with Gasteiger partial charge in [0.15, 0.2) is 0 Å². The Morgan fingerprint density at radius 2 is 2.37 bits per heavy atom. The monoisotopic (exact) mass is 302 g/mol. The molecule has 1 atom stereocenters. The molecule has 0 aromatic heterocycles. The van der Waals surface area contributed by atoms with Gasteiger partial charge in [-0.15, -0.1) is 0 Å². The lowest BCUT2D eigenvalue weighted by molar-refractivity contribution is -0.384. The van der Waals surface area contributed by atoms with Gasteiger partial charge in [0.1, 0.15) is 0 Å². The summed E-state index contributed by atoms with van der Waals surface area (Å²) in [5, 5.41) is 24.5. The van der Waals surface area contributed by atoms with Crippen LogP contribution in [0, 0.1) is 10.1 Å². The van der Waals surface area contributed by atoms with Crippen molar-refractivity contribution in [2.75, 3.05) is 18.1 Å². The van der Waals surface area contributed by atoms with Crippen LogP contribution in [0.3, 0.4) is 0 Å². The van der Waals surface area contributed by atoms with Crippen LogP contribution < -0.4 is 5.32 Å². The topological polar surface area (TPSA) is 75.4 Å². The van der Waals surface area contributed by atoms with Gasteiger partial charge < -0.3 is 10.4 Å². The second-order valence-electron chi connectivity index (χ2n) is 4.66. The van der Waals surface area contributed by atoms with Crippen LogP contribution in [0.4, 0.5) is 5.69 Å². The van der Waals surface area contributed by atoms with Crippen LogP contribution in [0.1, 0.15) is 12.0 Å². The fourth-order valence-electron chi connectivity index (χ4n) is 1.98. The summed E-state index contributed by atoms with van der Waals surface area (Å²) in [5.41, 5.74) is 0.0270. The molecule has 2 N–H and O–H groups in total. The summed E-state index contributed by atoms with van der Waals surface area (Å²) in [6.07, 6.45) is 0.771. The zero-order valence-corrected chi connectivity index (χ0v) is 11.8. The van der Waals surface area contributed by atoms with Crippen LogP contribution in [-0.2, 0) is 6.54 Å². The van der Waals surface area contributed by atoms with E-state index < -0.39 is 10.5 Å². The number of halogens is 1. The lowest BCUT2D eigenvalue weighted by atomic mass is 10.0. The molecule has 1 saturated heterocycles. The van der Waals surface area contributed by atoms with E-state index in [0.29, 0.717) is 23.7 Å². The fraction of sp³-hybridized carbons (Fsp3) is 0.500. The molecular weight excluding hydrogens is 288 g/mol. The number of rotatable bonds is 5. The molecule has 0 bridgehead atoms. The highest BCUT2D eigenvalue weighted by Gasteiger charge is 2.31. The first-order valence-corrected chi connectivity index (χ1v) is 7.47.